The largest absolute Gasteiger partial charge is 0.447 e. The quantitative estimate of drug-likeness (QED) is 0.682. The molecule has 1 amide bonds. The Balaban J connectivity index is 1.96. The van der Waals surface area contributed by atoms with Gasteiger partial charge in [0, 0.05) is 18.0 Å². The number of furan rings is 1. The Hall–Kier alpha value is -3.31. The van der Waals surface area contributed by atoms with E-state index < -0.39 is 35.2 Å². The molecule has 0 fully saturated rings. The molecule has 0 aliphatic carbocycles. The van der Waals surface area contributed by atoms with E-state index in [1.165, 1.54) is 12.1 Å². The number of hydrogen-bond donors (Lipinski definition) is 1. The third-order valence-electron chi connectivity index (χ3n) is 3.31. The van der Waals surface area contributed by atoms with Crippen LogP contribution in [0.25, 0.3) is 5.88 Å². The molecular weight excluding hydrogens is 382 g/mol. The van der Waals surface area contributed by atoms with E-state index in [2.05, 4.69) is 10.1 Å². The number of carbonyl (C=O) groups is 1. The maximum absolute atomic E-state index is 13.4. The number of alkyl halides is 6. The number of pyridine rings is 1. The Morgan fingerprint density at radius 1 is 1.11 bits per heavy atom. The fourth-order valence-electron chi connectivity index (χ4n) is 2.21. The van der Waals surface area contributed by atoms with E-state index in [0.717, 1.165) is 18.5 Å². The lowest BCUT2D eigenvalue weighted by atomic mass is 10.2. The Morgan fingerprint density at radius 2 is 1.85 bits per heavy atom. The summed E-state index contributed by atoms with van der Waals surface area (Å²) >= 11 is 0. The lowest BCUT2D eigenvalue weighted by molar-refractivity contribution is -0.143. The summed E-state index contributed by atoms with van der Waals surface area (Å²) in [6.07, 6.45) is -7.22. The van der Waals surface area contributed by atoms with Crippen LogP contribution in [0.3, 0.4) is 0 Å². The smallest absolute Gasteiger partial charge is 0.434 e. The van der Waals surface area contributed by atoms with Crippen LogP contribution in [0.15, 0.2) is 47.3 Å². The molecule has 0 radical (unpaired) electrons. The van der Waals surface area contributed by atoms with Gasteiger partial charge in [-0.3, -0.25) is 9.78 Å². The predicted molar refractivity (Wildman–Crippen MR) is 78.0 cm³/mol. The average Bonchev–Trinajstić information content (AvgIpc) is 3.23. The second-order valence-electron chi connectivity index (χ2n) is 5.15. The maximum atomic E-state index is 13.4. The van der Waals surface area contributed by atoms with Gasteiger partial charge in [0.2, 0.25) is 5.88 Å². The minimum atomic E-state index is -4.98. The molecule has 3 aromatic heterocycles. The zero-order valence-electron chi connectivity index (χ0n) is 13.0. The lowest BCUT2D eigenvalue weighted by Crippen LogP contribution is -2.21. The van der Waals surface area contributed by atoms with Crippen molar-refractivity contribution in [3.63, 3.8) is 0 Å². The van der Waals surface area contributed by atoms with Crippen LogP contribution in [0, 0.1) is 0 Å². The Kier molecular flexibility index (Phi) is 4.41. The molecule has 0 atom stereocenters. The van der Waals surface area contributed by atoms with E-state index in [1.54, 1.807) is 0 Å². The van der Waals surface area contributed by atoms with Gasteiger partial charge in [0.1, 0.15) is 5.69 Å². The molecule has 0 aliphatic heterocycles. The molecule has 27 heavy (non-hydrogen) atoms. The van der Waals surface area contributed by atoms with Crippen LogP contribution < -0.4 is 5.32 Å². The highest BCUT2D eigenvalue weighted by Gasteiger charge is 2.41. The van der Waals surface area contributed by atoms with Gasteiger partial charge in [-0.25, -0.2) is 0 Å². The Labute approximate surface area is 146 Å². The number of anilines is 1. The van der Waals surface area contributed by atoms with Crippen LogP contribution in [0.5, 0.6) is 0 Å². The summed E-state index contributed by atoms with van der Waals surface area (Å²) in [5.41, 5.74) is -3.99. The van der Waals surface area contributed by atoms with Crippen molar-refractivity contribution in [3.8, 4) is 5.88 Å². The van der Waals surface area contributed by atoms with Gasteiger partial charge < -0.3 is 9.73 Å². The van der Waals surface area contributed by atoms with Crippen LogP contribution in [0.1, 0.15) is 21.7 Å². The van der Waals surface area contributed by atoms with Gasteiger partial charge in [0.25, 0.3) is 5.91 Å². The van der Waals surface area contributed by atoms with Gasteiger partial charge in [-0.2, -0.15) is 36.1 Å². The molecule has 0 aromatic carbocycles. The molecule has 0 bridgehead atoms. The van der Waals surface area contributed by atoms with E-state index >= 15 is 0 Å². The maximum Gasteiger partial charge on any atom is 0.434 e. The number of halogens is 6. The lowest BCUT2D eigenvalue weighted by Gasteiger charge is -2.12. The van der Waals surface area contributed by atoms with Crippen molar-refractivity contribution in [1.29, 1.82) is 0 Å². The second-order valence-corrected chi connectivity index (χ2v) is 5.15. The van der Waals surface area contributed by atoms with Crippen LogP contribution >= 0.6 is 0 Å². The monoisotopic (exact) mass is 390 g/mol. The average molecular weight is 390 g/mol. The van der Waals surface area contributed by atoms with E-state index in [1.807, 2.05) is 5.32 Å². The normalized spacial score (nSPS) is 12.2. The van der Waals surface area contributed by atoms with Gasteiger partial charge in [-0.1, -0.05) is 0 Å². The van der Waals surface area contributed by atoms with Crippen LogP contribution in [0.2, 0.25) is 0 Å². The van der Waals surface area contributed by atoms with Crippen molar-refractivity contribution < 1.29 is 35.6 Å². The second kappa shape index (κ2) is 6.45. The predicted octanol–water partition coefficient (Wildman–Crippen LogP) is 4.15. The van der Waals surface area contributed by atoms with Crippen LogP contribution in [0.4, 0.5) is 32.0 Å². The molecule has 3 aromatic rings. The molecule has 12 heteroatoms. The summed E-state index contributed by atoms with van der Waals surface area (Å²) < 4.78 is 83.5. The minimum Gasteiger partial charge on any atom is -0.447 e. The topological polar surface area (TPSA) is 73.0 Å². The third-order valence-corrected chi connectivity index (χ3v) is 3.31. The highest BCUT2D eigenvalue weighted by Crippen LogP contribution is 2.34. The highest BCUT2D eigenvalue weighted by atomic mass is 19.4. The zero-order chi connectivity index (χ0) is 19.8. The number of rotatable bonds is 3. The molecule has 0 unspecified atom stereocenters. The fourth-order valence-corrected chi connectivity index (χ4v) is 2.21. The van der Waals surface area contributed by atoms with Gasteiger partial charge in [0.05, 0.1) is 18.0 Å². The zero-order valence-corrected chi connectivity index (χ0v) is 13.0. The summed E-state index contributed by atoms with van der Waals surface area (Å²) in [5.74, 6) is -1.58. The molecule has 3 heterocycles. The molecule has 6 nitrogen and oxygen atoms in total. The third kappa shape index (κ3) is 3.78. The summed E-state index contributed by atoms with van der Waals surface area (Å²) in [5, 5.41) is 5.47. The molecule has 1 N–H and O–H groups in total. The van der Waals surface area contributed by atoms with E-state index in [0.29, 0.717) is 16.9 Å². The minimum absolute atomic E-state index is 0.287. The van der Waals surface area contributed by atoms with Gasteiger partial charge >= 0.3 is 12.4 Å². The highest BCUT2D eigenvalue weighted by molar-refractivity contribution is 6.05. The molecule has 0 spiro atoms. The van der Waals surface area contributed by atoms with Gasteiger partial charge in [-0.05, 0) is 18.2 Å². The number of nitrogens with one attached hydrogen (secondary N) is 1. The fraction of sp³-hybridized carbons (Fsp3) is 0.133. The number of aromatic nitrogens is 3. The van der Waals surface area contributed by atoms with Gasteiger partial charge in [0.15, 0.2) is 5.69 Å². The van der Waals surface area contributed by atoms with Crippen molar-refractivity contribution in [2.24, 2.45) is 0 Å². The van der Waals surface area contributed by atoms with Gasteiger partial charge in [-0.15, -0.1) is 0 Å². The number of amides is 1. The van der Waals surface area contributed by atoms with Crippen molar-refractivity contribution >= 4 is 11.6 Å². The standard InChI is InChI=1S/C15H8F6N4O2/c16-14(17,18)10-6-8(3-4-22-10)24-13(26)9-7-23-25(11-2-1-5-27-11)12(9)15(19,20)21/h1-7H,(H,22,24,26). The molecule has 3 rings (SSSR count). The summed E-state index contributed by atoms with van der Waals surface area (Å²) in [7, 11) is 0. The summed E-state index contributed by atoms with van der Waals surface area (Å²) in [6.45, 7) is 0. The van der Waals surface area contributed by atoms with Crippen molar-refractivity contribution in [1.82, 2.24) is 14.8 Å². The number of nitrogens with zero attached hydrogens (tertiary/aromatic N) is 3. The first-order valence-corrected chi connectivity index (χ1v) is 7.11. The van der Waals surface area contributed by atoms with Crippen LogP contribution in [-0.4, -0.2) is 20.7 Å². The summed E-state index contributed by atoms with van der Waals surface area (Å²) in [6, 6.07) is 4.04. The molecule has 0 saturated heterocycles. The first-order chi connectivity index (χ1) is 12.6. The molecular formula is C15H8F6N4O2. The molecule has 0 aliphatic rings. The Morgan fingerprint density at radius 3 is 2.44 bits per heavy atom. The van der Waals surface area contributed by atoms with E-state index in [4.69, 9.17) is 4.42 Å². The first-order valence-electron chi connectivity index (χ1n) is 7.11. The van der Waals surface area contributed by atoms with Crippen molar-refractivity contribution in [2.75, 3.05) is 5.32 Å². The number of carbonyl (C=O) groups excluding carboxylic acids is 1. The van der Waals surface area contributed by atoms with E-state index in [9.17, 15) is 31.1 Å². The van der Waals surface area contributed by atoms with E-state index in [-0.39, 0.29) is 11.6 Å². The molecule has 142 valence electrons. The van der Waals surface area contributed by atoms with Crippen molar-refractivity contribution in [3.05, 3.63) is 59.9 Å². The Bertz CT molecular complexity index is 960. The molecule has 0 saturated carbocycles. The SMILES string of the molecule is O=C(Nc1ccnc(C(F)(F)F)c1)c1cnn(-c2ccco2)c1C(F)(F)F. The first kappa shape index (κ1) is 18.5. The number of hydrogen-bond acceptors (Lipinski definition) is 4. The van der Waals surface area contributed by atoms with Crippen molar-refractivity contribution in [2.45, 2.75) is 12.4 Å². The summed E-state index contributed by atoms with van der Waals surface area (Å²) in [4.78, 5) is 15.3. The van der Waals surface area contributed by atoms with Crippen LogP contribution in [-0.2, 0) is 12.4 Å².